The van der Waals surface area contributed by atoms with E-state index in [1.165, 1.54) is 16.7 Å². The van der Waals surface area contributed by atoms with E-state index in [1.807, 2.05) is 23.2 Å². The van der Waals surface area contributed by atoms with Crippen molar-refractivity contribution in [1.29, 1.82) is 0 Å². The number of hydrazone groups is 1. The van der Waals surface area contributed by atoms with Crippen molar-refractivity contribution < 1.29 is 9.84 Å². The first-order chi connectivity index (χ1) is 12.2. The highest BCUT2D eigenvalue weighted by Crippen LogP contribution is 2.43. The second-order valence-electron chi connectivity index (χ2n) is 6.54. The Morgan fingerprint density at radius 1 is 1.24 bits per heavy atom. The first kappa shape index (κ1) is 16.4. The van der Waals surface area contributed by atoms with Gasteiger partial charge >= 0.3 is 0 Å². The van der Waals surface area contributed by atoms with Crippen LogP contribution >= 0.6 is 11.6 Å². The Labute approximate surface area is 152 Å². The summed E-state index contributed by atoms with van der Waals surface area (Å²) in [6.45, 7) is 0.613. The van der Waals surface area contributed by atoms with Crippen LogP contribution in [0.2, 0.25) is 5.02 Å². The zero-order valence-electron chi connectivity index (χ0n) is 14.2. The molecular weight excluding hydrogens is 336 g/mol. The molecule has 1 aliphatic carbocycles. The lowest BCUT2D eigenvalue weighted by Gasteiger charge is -2.30. The second kappa shape index (κ2) is 6.70. The van der Waals surface area contributed by atoms with Gasteiger partial charge in [-0.05, 0) is 54.3 Å². The van der Waals surface area contributed by atoms with Crippen molar-refractivity contribution in [3.05, 3.63) is 64.2 Å². The van der Waals surface area contributed by atoms with E-state index in [1.54, 1.807) is 7.11 Å². The van der Waals surface area contributed by atoms with Crippen LogP contribution < -0.4 is 4.74 Å². The highest BCUT2D eigenvalue weighted by atomic mass is 35.5. The zero-order valence-corrected chi connectivity index (χ0v) is 14.9. The summed E-state index contributed by atoms with van der Waals surface area (Å²) < 4.78 is 5.36. The number of methoxy groups -OCH3 is 1. The summed E-state index contributed by atoms with van der Waals surface area (Å²) in [5.41, 5.74) is 4.81. The predicted molar refractivity (Wildman–Crippen MR) is 99.3 cm³/mol. The predicted octanol–water partition coefficient (Wildman–Crippen LogP) is 3.66. The normalized spacial score (nSPS) is 21.6. The molecule has 1 heterocycles. The number of fused-ring (bicyclic) bond motifs is 3. The molecule has 0 bridgehead atoms. The molecule has 4 rings (SSSR count). The lowest BCUT2D eigenvalue weighted by atomic mass is 9.77. The lowest BCUT2D eigenvalue weighted by Crippen LogP contribution is -2.30. The van der Waals surface area contributed by atoms with Crippen molar-refractivity contribution in [2.75, 3.05) is 20.3 Å². The van der Waals surface area contributed by atoms with Crippen LogP contribution in [-0.4, -0.2) is 36.1 Å². The maximum absolute atomic E-state index is 9.48. The number of ether oxygens (including phenoxy) is 1. The maximum Gasteiger partial charge on any atom is 0.119 e. The topological polar surface area (TPSA) is 45.1 Å². The van der Waals surface area contributed by atoms with E-state index in [-0.39, 0.29) is 12.6 Å². The van der Waals surface area contributed by atoms with Gasteiger partial charge in [0.25, 0.3) is 0 Å². The van der Waals surface area contributed by atoms with Gasteiger partial charge in [-0.3, -0.25) is 5.01 Å². The van der Waals surface area contributed by atoms with Gasteiger partial charge < -0.3 is 9.84 Å². The summed E-state index contributed by atoms with van der Waals surface area (Å²) in [6, 6.07) is 14.4. The molecule has 0 saturated heterocycles. The van der Waals surface area contributed by atoms with Crippen molar-refractivity contribution in [3.8, 4) is 5.75 Å². The summed E-state index contributed by atoms with van der Waals surface area (Å²) in [6.07, 6.45) is 2.04. The largest absolute Gasteiger partial charge is 0.497 e. The van der Waals surface area contributed by atoms with Crippen molar-refractivity contribution in [2.24, 2.45) is 11.0 Å². The molecule has 130 valence electrons. The number of hydrogen-bond donors (Lipinski definition) is 1. The highest BCUT2D eigenvalue weighted by molar-refractivity contribution is 6.30. The average molecular weight is 357 g/mol. The molecular formula is C20H21ClN2O2. The number of aryl methyl sites for hydroxylation is 1. The first-order valence-electron chi connectivity index (χ1n) is 8.60. The molecule has 0 spiro atoms. The third-order valence-corrected chi connectivity index (χ3v) is 5.40. The van der Waals surface area contributed by atoms with Crippen LogP contribution in [-0.2, 0) is 6.42 Å². The third kappa shape index (κ3) is 2.90. The first-order valence-corrected chi connectivity index (χ1v) is 8.98. The van der Waals surface area contributed by atoms with Crippen molar-refractivity contribution in [2.45, 2.75) is 18.9 Å². The van der Waals surface area contributed by atoms with Gasteiger partial charge in [0.05, 0.1) is 32.0 Å². The van der Waals surface area contributed by atoms with Gasteiger partial charge in [-0.25, -0.2) is 0 Å². The minimum atomic E-state index is 0.0864. The molecule has 0 fully saturated rings. The van der Waals surface area contributed by atoms with Crippen LogP contribution in [0.1, 0.15) is 29.2 Å². The fourth-order valence-corrected chi connectivity index (χ4v) is 4.13. The number of rotatable bonds is 4. The molecule has 0 aromatic heterocycles. The molecule has 1 N–H and O–H groups in total. The molecule has 25 heavy (non-hydrogen) atoms. The Morgan fingerprint density at radius 2 is 2.04 bits per heavy atom. The summed E-state index contributed by atoms with van der Waals surface area (Å²) in [4.78, 5) is 0. The molecule has 2 aromatic carbocycles. The van der Waals surface area contributed by atoms with Crippen LogP contribution in [0.25, 0.3) is 0 Å². The van der Waals surface area contributed by atoms with Crippen molar-refractivity contribution >= 4 is 17.3 Å². The van der Waals surface area contributed by atoms with Gasteiger partial charge in [-0.2, -0.15) is 5.10 Å². The Bertz CT molecular complexity index is 804. The van der Waals surface area contributed by atoms with E-state index < -0.39 is 0 Å². The summed E-state index contributed by atoms with van der Waals surface area (Å²) >= 11 is 6.05. The van der Waals surface area contributed by atoms with E-state index in [9.17, 15) is 5.11 Å². The van der Waals surface area contributed by atoms with Gasteiger partial charge in [-0.15, -0.1) is 0 Å². The van der Waals surface area contributed by atoms with Crippen LogP contribution in [0.15, 0.2) is 47.6 Å². The molecule has 1 aliphatic heterocycles. The van der Waals surface area contributed by atoms with E-state index in [0.29, 0.717) is 12.5 Å². The summed E-state index contributed by atoms with van der Waals surface area (Å²) in [7, 11) is 1.69. The monoisotopic (exact) mass is 356 g/mol. The quantitative estimate of drug-likeness (QED) is 0.909. The minimum Gasteiger partial charge on any atom is -0.497 e. The Kier molecular flexibility index (Phi) is 4.40. The summed E-state index contributed by atoms with van der Waals surface area (Å²) in [5.74, 6) is 1.21. The van der Waals surface area contributed by atoms with Crippen LogP contribution in [0.4, 0.5) is 0 Å². The van der Waals surface area contributed by atoms with Gasteiger partial charge in [0.2, 0.25) is 0 Å². The lowest BCUT2D eigenvalue weighted by molar-refractivity contribution is 0.152. The van der Waals surface area contributed by atoms with E-state index in [0.717, 1.165) is 29.3 Å². The van der Waals surface area contributed by atoms with Crippen molar-refractivity contribution in [1.82, 2.24) is 5.01 Å². The fraction of sp³-hybridized carbons (Fsp3) is 0.350. The average Bonchev–Trinajstić information content (AvgIpc) is 3.00. The fourth-order valence-electron chi connectivity index (χ4n) is 4.00. The standard InChI is InChI=1S/C20H21ClN2O2/c1-25-16-7-9-17-14(12-16)4-8-18-19(17)22-23(10-11-24)20(18)13-2-5-15(21)6-3-13/h2-3,5-7,9,12,18,20,24H,4,8,10-11H2,1H3/t18-,20+/m0/s1. The number of nitrogens with zero attached hydrogens (tertiary/aromatic N) is 2. The minimum absolute atomic E-state index is 0.0864. The van der Waals surface area contributed by atoms with E-state index in [2.05, 4.69) is 24.3 Å². The van der Waals surface area contributed by atoms with Crippen LogP contribution in [0, 0.1) is 5.92 Å². The van der Waals surface area contributed by atoms with Crippen LogP contribution in [0.5, 0.6) is 5.75 Å². The molecule has 0 amide bonds. The van der Waals surface area contributed by atoms with Gasteiger partial charge in [0, 0.05) is 16.5 Å². The SMILES string of the molecule is COc1ccc2c(c1)CC[C@H]1C2=NN(CCO)[C@@H]1c1ccc(Cl)cc1. The number of β-amino-alcohol motifs (C(OH)–C–C–N with tert-alkyl or cyclic N) is 1. The number of halogens is 1. The van der Waals surface area contributed by atoms with Crippen molar-refractivity contribution in [3.63, 3.8) is 0 Å². The van der Waals surface area contributed by atoms with E-state index in [4.69, 9.17) is 21.4 Å². The molecule has 0 radical (unpaired) electrons. The van der Waals surface area contributed by atoms with Gasteiger partial charge in [0.15, 0.2) is 0 Å². The summed E-state index contributed by atoms with van der Waals surface area (Å²) in [5, 5.41) is 17.1. The number of hydrogen-bond acceptors (Lipinski definition) is 4. The molecule has 4 nitrogen and oxygen atoms in total. The molecule has 2 aliphatic rings. The molecule has 2 aromatic rings. The van der Waals surface area contributed by atoms with Gasteiger partial charge in [-0.1, -0.05) is 23.7 Å². The van der Waals surface area contributed by atoms with Gasteiger partial charge in [0.1, 0.15) is 5.75 Å². The van der Waals surface area contributed by atoms with Crippen LogP contribution in [0.3, 0.4) is 0 Å². The molecule has 2 atom stereocenters. The van der Waals surface area contributed by atoms with E-state index >= 15 is 0 Å². The highest BCUT2D eigenvalue weighted by Gasteiger charge is 2.41. The number of aliphatic hydroxyl groups excluding tert-OH is 1. The Morgan fingerprint density at radius 3 is 2.76 bits per heavy atom. The number of aliphatic hydroxyl groups is 1. The maximum atomic E-state index is 9.48. The molecule has 0 saturated carbocycles. The Balaban J connectivity index is 1.73. The molecule has 0 unspecified atom stereocenters. The molecule has 5 heteroatoms. The second-order valence-corrected chi connectivity index (χ2v) is 6.97. The zero-order chi connectivity index (χ0) is 17.4. The smallest absolute Gasteiger partial charge is 0.119 e. The number of benzene rings is 2. The Hall–Kier alpha value is -2.04. The third-order valence-electron chi connectivity index (χ3n) is 5.14.